The van der Waals surface area contributed by atoms with Crippen molar-refractivity contribution in [2.24, 2.45) is 0 Å². The van der Waals surface area contributed by atoms with Crippen molar-refractivity contribution >= 4 is 16.8 Å². The summed E-state index contributed by atoms with van der Waals surface area (Å²) < 4.78 is 11.9. The molecule has 2 aliphatic carbocycles. The summed E-state index contributed by atoms with van der Waals surface area (Å²) in [6, 6.07) is 0.387. The van der Waals surface area contributed by atoms with Crippen LogP contribution in [0.2, 0.25) is 0 Å². The smallest absolute Gasteiger partial charge is 0.317 e. The van der Waals surface area contributed by atoms with Crippen LogP contribution < -0.4 is 5.32 Å². The molecule has 6 heteroatoms. The van der Waals surface area contributed by atoms with Crippen LogP contribution >= 0.6 is 0 Å². The van der Waals surface area contributed by atoms with Crippen LogP contribution in [0.5, 0.6) is 0 Å². The average Bonchev–Trinajstić information content (AvgIpc) is 3.28. The Balaban J connectivity index is 1.85. The SMILES string of the molecule is CCS(=O)C1CCCC(NC(=O)N(CCO)C2CC2)C1. The molecule has 116 valence electrons. The maximum atomic E-state index is 12.3. The summed E-state index contributed by atoms with van der Waals surface area (Å²) in [7, 11) is -0.764. The van der Waals surface area contributed by atoms with Gasteiger partial charge in [-0.25, -0.2) is 4.79 Å². The summed E-state index contributed by atoms with van der Waals surface area (Å²) >= 11 is 0. The number of carbonyl (C=O) groups excluding carboxylic acids is 1. The number of hydrogen-bond acceptors (Lipinski definition) is 3. The number of hydrogen-bond donors (Lipinski definition) is 2. The predicted molar refractivity (Wildman–Crippen MR) is 80.1 cm³/mol. The van der Waals surface area contributed by atoms with E-state index in [0.717, 1.165) is 38.5 Å². The Kier molecular flexibility index (Phi) is 5.84. The third-order valence-electron chi connectivity index (χ3n) is 4.20. The molecule has 0 aromatic rings. The lowest BCUT2D eigenvalue weighted by molar-refractivity contribution is 0.168. The largest absolute Gasteiger partial charge is 0.395 e. The van der Waals surface area contributed by atoms with Gasteiger partial charge in [0.1, 0.15) is 0 Å². The molecule has 0 aromatic carbocycles. The van der Waals surface area contributed by atoms with Crippen LogP contribution in [0.15, 0.2) is 0 Å². The maximum absolute atomic E-state index is 12.3. The van der Waals surface area contributed by atoms with Crippen LogP contribution in [0, 0.1) is 0 Å². The molecule has 0 radical (unpaired) electrons. The van der Waals surface area contributed by atoms with Crippen molar-refractivity contribution in [1.29, 1.82) is 0 Å². The van der Waals surface area contributed by atoms with E-state index >= 15 is 0 Å². The summed E-state index contributed by atoms with van der Waals surface area (Å²) in [5.41, 5.74) is 0. The topological polar surface area (TPSA) is 69.6 Å². The highest BCUT2D eigenvalue weighted by molar-refractivity contribution is 7.85. The molecule has 0 aromatic heterocycles. The van der Waals surface area contributed by atoms with E-state index in [-0.39, 0.29) is 23.9 Å². The van der Waals surface area contributed by atoms with Crippen molar-refractivity contribution in [1.82, 2.24) is 10.2 Å². The number of aliphatic hydroxyl groups excluding tert-OH is 1. The molecule has 3 atom stereocenters. The second kappa shape index (κ2) is 7.41. The maximum Gasteiger partial charge on any atom is 0.317 e. The Bertz CT molecular complexity index is 360. The zero-order chi connectivity index (χ0) is 14.5. The second-order valence-electron chi connectivity index (χ2n) is 5.75. The molecule has 0 aliphatic heterocycles. The number of carbonyl (C=O) groups is 1. The fourth-order valence-electron chi connectivity index (χ4n) is 2.95. The van der Waals surface area contributed by atoms with Crippen molar-refractivity contribution in [3.05, 3.63) is 0 Å². The minimum atomic E-state index is -0.764. The normalized spacial score (nSPS) is 27.9. The van der Waals surface area contributed by atoms with Crippen LogP contribution in [-0.4, -0.2) is 56.5 Å². The quantitative estimate of drug-likeness (QED) is 0.775. The van der Waals surface area contributed by atoms with E-state index in [1.807, 2.05) is 6.92 Å². The predicted octanol–water partition coefficient (Wildman–Crippen LogP) is 1.23. The van der Waals surface area contributed by atoms with Crippen LogP contribution in [0.3, 0.4) is 0 Å². The molecular formula is C14H26N2O3S. The fraction of sp³-hybridized carbons (Fsp3) is 0.929. The zero-order valence-electron chi connectivity index (χ0n) is 12.2. The number of rotatable bonds is 6. The highest BCUT2D eigenvalue weighted by Crippen LogP contribution is 2.27. The van der Waals surface area contributed by atoms with E-state index < -0.39 is 10.8 Å². The van der Waals surface area contributed by atoms with E-state index in [0.29, 0.717) is 18.3 Å². The number of nitrogens with zero attached hydrogens (tertiary/aromatic N) is 1. The van der Waals surface area contributed by atoms with Crippen molar-refractivity contribution in [3.8, 4) is 0 Å². The highest BCUT2D eigenvalue weighted by atomic mass is 32.2. The van der Waals surface area contributed by atoms with Gasteiger partial charge in [-0.2, -0.15) is 0 Å². The first-order valence-electron chi connectivity index (χ1n) is 7.70. The monoisotopic (exact) mass is 302 g/mol. The minimum absolute atomic E-state index is 0.0110. The van der Waals surface area contributed by atoms with Gasteiger partial charge >= 0.3 is 6.03 Å². The standard InChI is InChI=1S/C14H26N2O3S/c1-2-20(19)13-5-3-4-11(10-13)15-14(18)16(8-9-17)12-6-7-12/h11-13,17H,2-10H2,1H3,(H,15,18). The summed E-state index contributed by atoms with van der Waals surface area (Å²) in [5.74, 6) is 0.698. The van der Waals surface area contributed by atoms with E-state index in [1.54, 1.807) is 4.90 Å². The lowest BCUT2D eigenvalue weighted by atomic mass is 9.95. The lowest BCUT2D eigenvalue weighted by Crippen LogP contribution is -2.49. The van der Waals surface area contributed by atoms with Gasteiger partial charge < -0.3 is 15.3 Å². The Labute approximate surface area is 123 Å². The third-order valence-corrected chi connectivity index (χ3v) is 5.94. The van der Waals surface area contributed by atoms with Gasteiger partial charge in [0.15, 0.2) is 0 Å². The Hall–Kier alpha value is -0.620. The molecule has 2 saturated carbocycles. The first-order valence-corrected chi connectivity index (χ1v) is 9.09. The Morgan fingerprint density at radius 2 is 2.10 bits per heavy atom. The van der Waals surface area contributed by atoms with Gasteiger partial charge in [0.2, 0.25) is 0 Å². The van der Waals surface area contributed by atoms with Crippen LogP contribution in [0.25, 0.3) is 0 Å². The van der Waals surface area contributed by atoms with E-state index in [4.69, 9.17) is 5.11 Å². The van der Waals surface area contributed by atoms with Gasteiger partial charge in [0, 0.05) is 40.4 Å². The molecule has 0 spiro atoms. The summed E-state index contributed by atoms with van der Waals surface area (Å²) in [6.45, 7) is 2.37. The van der Waals surface area contributed by atoms with Crippen LogP contribution in [0.4, 0.5) is 4.79 Å². The molecule has 5 nitrogen and oxygen atoms in total. The van der Waals surface area contributed by atoms with Crippen molar-refractivity contribution in [2.45, 2.75) is 62.8 Å². The van der Waals surface area contributed by atoms with Gasteiger partial charge in [0.05, 0.1) is 6.61 Å². The molecule has 20 heavy (non-hydrogen) atoms. The van der Waals surface area contributed by atoms with Crippen molar-refractivity contribution in [3.63, 3.8) is 0 Å². The lowest BCUT2D eigenvalue weighted by Gasteiger charge is -2.31. The van der Waals surface area contributed by atoms with Gasteiger partial charge in [-0.3, -0.25) is 4.21 Å². The van der Waals surface area contributed by atoms with Crippen LogP contribution in [0.1, 0.15) is 45.4 Å². The molecular weight excluding hydrogens is 276 g/mol. The number of aliphatic hydroxyl groups is 1. The van der Waals surface area contributed by atoms with Crippen molar-refractivity contribution in [2.75, 3.05) is 18.9 Å². The first kappa shape index (κ1) is 15.8. The van der Waals surface area contributed by atoms with Gasteiger partial charge in [-0.1, -0.05) is 13.3 Å². The summed E-state index contributed by atoms with van der Waals surface area (Å²) in [4.78, 5) is 14.0. The Morgan fingerprint density at radius 3 is 2.70 bits per heavy atom. The molecule has 3 unspecified atom stereocenters. The van der Waals surface area contributed by atoms with E-state index in [2.05, 4.69) is 5.32 Å². The number of urea groups is 1. The summed E-state index contributed by atoms with van der Waals surface area (Å²) in [6.07, 6.45) is 5.92. The average molecular weight is 302 g/mol. The van der Waals surface area contributed by atoms with Crippen molar-refractivity contribution < 1.29 is 14.1 Å². The molecule has 2 rings (SSSR count). The third kappa shape index (κ3) is 4.19. The minimum Gasteiger partial charge on any atom is -0.395 e. The van der Waals surface area contributed by atoms with E-state index in [1.165, 1.54) is 0 Å². The molecule has 2 fully saturated rings. The first-order chi connectivity index (χ1) is 9.65. The summed E-state index contributed by atoms with van der Waals surface area (Å²) in [5, 5.41) is 12.4. The van der Waals surface area contributed by atoms with E-state index in [9.17, 15) is 9.00 Å². The molecule has 0 heterocycles. The van der Waals surface area contributed by atoms with Gasteiger partial charge in [-0.05, 0) is 32.1 Å². The molecule has 2 amide bonds. The van der Waals surface area contributed by atoms with Gasteiger partial charge in [-0.15, -0.1) is 0 Å². The molecule has 2 aliphatic rings. The van der Waals surface area contributed by atoms with Gasteiger partial charge in [0.25, 0.3) is 0 Å². The molecule has 0 bridgehead atoms. The number of amides is 2. The van der Waals surface area contributed by atoms with Crippen LogP contribution in [-0.2, 0) is 10.8 Å². The zero-order valence-corrected chi connectivity index (χ0v) is 13.0. The fourth-order valence-corrected chi connectivity index (χ4v) is 4.30. The second-order valence-corrected chi connectivity index (χ2v) is 7.76. The highest BCUT2D eigenvalue weighted by Gasteiger charge is 2.34. The Morgan fingerprint density at radius 1 is 1.35 bits per heavy atom. The molecule has 2 N–H and O–H groups in total. The molecule has 0 saturated heterocycles. The number of nitrogens with one attached hydrogen (secondary N) is 1.